The molecule has 0 amide bonds. The zero-order chi connectivity index (χ0) is 13.2. The number of benzene rings is 1. The van der Waals surface area contributed by atoms with E-state index in [1.165, 1.54) is 20.0 Å². The summed E-state index contributed by atoms with van der Waals surface area (Å²) in [6.07, 6.45) is 7.40. The van der Waals surface area contributed by atoms with Crippen LogP contribution in [0, 0.1) is 17.8 Å². The normalized spacial score (nSPS) is 27.5. The molecular weight excluding hydrogens is 238 g/mol. The van der Waals surface area contributed by atoms with E-state index in [0.29, 0.717) is 5.56 Å². The summed E-state index contributed by atoms with van der Waals surface area (Å²) in [7, 11) is 1.40. The summed E-state index contributed by atoms with van der Waals surface area (Å²) in [6.45, 7) is 1.02. The van der Waals surface area contributed by atoms with Crippen molar-refractivity contribution in [3.05, 3.63) is 42.0 Å². The molecule has 0 spiro atoms. The van der Waals surface area contributed by atoms with Gasteiger partial charge in [-0.2, -0.15) is 0 Å². The molecule has 3 rings (SSSR count). The topological polar surface area (TPSA) is 38.3 Å². The van der Waals surface area contributed by atoms with Gasteiger partial charge in [-0.1, -0.05) is 12.2 Å². The predicted octanol–water partition coefficient (Wildman–Crippen LogP) is 3.10. The quantitative estimate of drug-likeness (QED) is 0.665. The van der Waals surface area contributed by atoms with Gasteiger partial charge in [-0.05, 0) is 54.9 Å². The SMILES string of the molecule is COC(=O)c1ccc(NCC2CC3C=CC2C3)cc1. The minimum Gasteiger partial charge on any atom is -0.465 e. The van der Waals surface area contributed by atoms with Gasteiger partial charge in [-0.15, -0.1) is 0 Å². The number of hydrogen-bond acceptors (Lipinski definition) is 3. The molecule has 1 N–H and O–H groups in total. The molecule has 1 aromatic rings. The Hall–Kier alpha value is -1.77. The Morgan fingerprint density at radius 1 is 1.26 bits per heavy atom. The lowest BCUT2D eigenvalue weighted by molar-refractivity contribution is 0.0601. The maximum absolute atomic E-state index is 11.3. The molecule has 3 heteroatoms. The van der Waals surface area contributed by atoms with E-state index in [1.807, 2.05) is 12.1 Å². The van der Waals surface area contributed by atoms with E-state index in [4.69, 9.17) is 0 Å². The summed E-state index contributed by atoms with van der Waals surface area (Å²) in [5.74, 6) is 2.06. The summed E-state index contributed by atoms with van der Waals surface area (Å²) < 4.78 is 4.68. The monoisotopic (exact) mass is 257 g/mol. The van der Waals surface area contributed by atoms with Gasteiger partial charge in [-0.3, -0.25) is 0 Å². The second-order valence-corrected chi connectivity index (χ2v) is 5.49. The van der Waals surface area contributed by atoms with Crippen LogP contribution >= 0.6 is 0 Å². The van der Waals surface area contributed by atoms with Crippen LogP contribution in [0.1, 0.15) is 23.2 Å². The molecule has 0 aliphatic heterocycles. The molecule has 0 radical (unpaired) electrons. The maximum Gasteiger partial charge on any atom is 0.337 e. The number of fused-ring (bicyclic) bond motifs is 2. The van der Waals surface area contributed by atoms with Crippen molar-refractivity contribution in [1.29, 1.82) is 0 Å². The Morgan fingerprint density at radius 2 is 2.05 bits per heavy atom. The fourth-order valence-electron chi connectivity index (χ4n) is 3.22. The molecule has 1 saturated carbocycles. The number of rotatable bonds is 4. The van der Waals surface area contributed by atoms with Gasteiger partial charge in [0, 0.05) is 12.2 Å². The second-order valence-electron chi connectivity index (χ2n) is 5.49. The molecule has 3 atom stereocenters. The van der Waals surface area contributed by atoms with Crippen molar-refractivity contribution >= 4 is 11.7 Å². The summed E-state index contributed by atoms with van der Waals surface area (Å²) in [5.41, 5.74) is 1.66. The molecule has 2 aliphatic rings. The Labute approximate surface area is 113 Å². The van der Waals surface area contributed by atoms with Gasteiger partial charge in [0.1, 0.15) is 0 Å². The first-order valence-corrected chi connectivity index (χ1v) is 6.87. The maximum atomic E-state index is 11.3. The number of methoxy groups -OCH3 is 1. The van der Waals surface area contributed by atoms with Crippen molar-refractivity contribution in [2.75, 3.05) is 19.0 Å². The average molecular weight is 257 g/mol. The van der Waals surface area contributed by atoms with Gasteiger partial charge in [0.25, 0.3) is 0 Å². The zero-order valence-corrected chi connectivity index (χ0v) is 11.1. The largest absolute Gasteiger partial charge is 0.465 e. The van der Waals surface area contributed by atoms with Crippen LogP contribution in [0.4, 0.5) is 5.69 Å². The minimum absolute atomic E-state index is 0.287. The van der Waals surface area contributed by atoms with Gasteiger partial charge in [-0.25, -0.2) is 4.79 Å². The third kappa shape index (κ3) is 2.50. The zero-order valence-electron chi connectivity index (χ0n) is 11.1. The Kier molecular flexibility index (Phi) is 3.28. The van der Waals surface area contributed by atoms with Crippen LogP contribution in [0.2, 0.25) is 0 Å². The van der Waals surface area contributed by atoms with E-state index < -0.39 is 0 Å². The van der Waals surface area contributed by atoms with Crippen LogP contribution in [0.25, 0.3) is 0 Å². The van der Waals surface area contributed by atoms with E-state index >= 15 is 0 Å². The number of carbonyl (C=O) groups excluding carboxylic acids is 1. The van der Waals surface area contributed by atoms with Crippen LogP contribution in [-0.4, -0.2) is 19.6 Å². The van der Waals surface area contributed by atoms with Gasteiger partial charge in [0.05, 0.1) is 12.7 Å². The van der Waals surface area contributed by atoms with Crippen molar-refractivity contribution in [2.24, 2.45) is 17.8 Å². The van der Waals surface area contributed by atoms with Crippen LogP contribution in [-0.2, 0) is 4.74 Å². The van der Waals surface area contributed by atoms with Crippen molar-refractivity contribution < 1.29 is 9.53 Å². The number of esters is 1. The molecule has 2 bridgehead atoms. The van der Waals surface area contributed by atoms with Crippen molar-refractivity contribution in [3.8, 4) is 0 Å². The Morgan fingerprint density at radius 3 is 2.63 bits per heavy atom. The standard InChI is InChI=1S/C16H19NO2/c1-19-16(18)12-4-6-15(7-5-12)17-10-14-9-11-2-3-13(14)8-11/h2-7,11,13-14,17H,8-10H2,1H3. The van der Waals surface area contributed by atoms with Gasteiger partial charge < -0.3 is 10.1 Å². The molecular formula is C16H19NO2. The fraction of sp³-hybridized carbons (Fsp3) is 0.438. The average Bonchev–Trinajstić information content (AvgIpc) is 3.07. The number of carbonyl (C=O) groups is 1. The number of allylic oxidation sites excluding steroid dienone is 2. The summed E-state index contributed by atoms with van der Waals surface area (Å²) in [6, 6.07) is 7.48. The van der Waals surface area contributed by atoms with Crippen molar-refractivity contribution in [1.82, 2.24) is 0 Å². The fourth-order valence-corrected chi connectivity index (χ4v) is 3.22. The van der Waals surface area contributed by atoms with Gasteiger partial charge in [0.2, 0.25) is 0 Å². The summed E-state index contributed by atoms with van der Waals surface area (Å²) in [4.78, 5) is 11.3. The Bertz CT molecular complexity index is 492. The first-order chi connectivity index (χ1) is 9.26. The highest BCUT2D eigenvalue weighted by atomic mass is 16.5. The van der Waals surface area contributed by atoms with E-state index in [2.05, 4.69) is 22.2 Å². The molecule has 3 nitrogen and oxygen atoms in total. The van der Waals surface area contributed by atoms with Crippen molar-refractivity contribution in [3.63, 3.8) is 0 Å². The molecule has 1 fully saturated rings. The molecule has 0 aromatic heterocycles. The van der Waals surface area contributed by atoms with Crippen LogP contribution < -0.4 is 5.32 Å². The molecule has 0 saturated heterocycles. The highest BCUT2D eigenvalue weighted by Crippen LogP contribution is 2.43. The lowest BCUT2D eigenvalue weighted by Crippen LogP contribution is -2.18. The third-order valence-corrected chi connectivity index (χ3v) is 4.29. The minimum atomic E-state index is -0.287. The van der Waals surface area contributed by atoms with Crippen LogP contribution in [0.5, 0.6) is 0 Å². The van der Waals surface area contributed by atoms with E-state index in [0.717, 1.165) is 30.0 Å². The van der Waals surface area contributed by atoms with Crippen molar-refractivity contribution in [2.45, 2.75) is 12.8 Å². The molecule has 100 valence electrons. The summed E-state index contributed by atoms with van der Waals surface area (Å²) >= 11 is 0. The molecule has 19 heavy (non-hydrogen) atoms. The lowest BCUT2D eigenvalue weighted by Gasteiger charge is -2.19. The number of hydrogen-bond donors (Lipinski definition) is 1. The molecule has 3 unspecified atom stereocenters. The second kappa shape index (κ2) is 5.08. The van der Waals surface area contributed by atoms with E-state index in [-0.39, 0.29) is 5.97 Å². The number of nitrogens with one attached hydrogen (secondary N) is 1. The first kappa shape index (κ1) is 12.3. The van der Waals surface area contributed by atoms with E-state index in [1.54, 1.807) is 12.1 Å². The number of ether oxygens (including phenoxy) is 1. The summed E-state index contributed by atoms with van der Waals surface area (Å²) in [5, 5.41) is 3.47. The highest BCUT2D eigenvalue weighted by Gasteiger charge is 2.35. The predicted molar refractivity (Wildman–Crippen MR) is 75.1 cm³/mol. The van der Waals surface area contributed by atoms with E-state index in [9.17, 15) is 4.79 Å². The smallest absolute Gasteiger partial charge is 0.337 e. The third-order valence-electron chi connectivity index (χ3n) is 4.29. The molecule has 1 aromatic carbocycles. The highest BCUT2D eigenvalue weighted by molar-refractivity contribution is 5.89. The Balaban J connectivity index is 1.56. The lowest BCUT2D eigenvalue weighted by atomic mass is 9.93. The molecule has 0 heterocycles. The van der Waals surface area contributed by atoms with Gasteiger partial charge in [0.15, 0.2) is 0 Å². The first-order valence-electron chi connectivity index (χ1n) is 6.87. The van der Waals surface area contributed by atoms with Gasteiger partial charge >= 0.3 is 5.97 Å². The van der Waals surface area contributed by atoms with Crippen LogP contribution in [0.3, 0.4) is 0 Å². The molecule has 2 aliphatic carbocycles. The van der Waals surface area contributed by atoms with Crippen LogP contribution in [0.15, 0.2) is 36.4 Å². The number of anilines is 1.